The lowest BCUT2D eigenvalue weighted by Crippen LogP contribution is -2.06. The van der Waals surface area contributed by atoms with E-state index in [0.717, 1.165) is 12.8 Å². The molecule has 0 aliphatic heterocycles. The smallest absolute Gasteiger partial charge is 0.347 e. The Morgan fingerprint density at radius 2 is 1.64 bits per heavy atom. The summed E-state index contributed by atoms with van der Waals surface area (Å²) < 4.78 is 4.97. The highest BCUT2D eigenvalue weighted by molar-refractivity contribution is 5.94. The van der Waals surface area contributed by atoms with E-state index in [1.165, 1.54) is 38.5 Å². The normalized spacial score (nSPS) is 10.2. The number of unbranched alkanes of at least 4 members (excludes halogenated alkanes) is 7. The number of carbonyl (C=O) groups is 1. The molecular weight excluding hydrogens is 272 g/mol. The van der Waals surface area contributed by atoms with Gasteiger partial charge >= 0.3 is 5.97 Å². The quantitative estimate of drug-likeness (QED) is 0.258. The first-order chi connectivity index (χ1) is 10.8. The summed E-state index contributed by atoms with van der Waals surface area (Å²) in [4.78, 5) is 11.7. The van der Waals surface area contributed by atoms with E-state index in [1.54, 1.807) is 13.0 Å². The molecule has 0 radical (unpaired) electrons. The number of hydrogen-bond acceptors (Lipinski definition) is 2. The van der Waals surface area contributed by atoms with Gasteiger partial charge in [0.1, 0.15) is 5.57 Å². The lowest BCUT2D eigenvalue weighted by Gasteiger charge is -1.98. The van der Waals surface area contributed by atoms with Crippen molar-refractivity contribution in [3.05, 3.63) is 11.6 Å². The average Bonchev–Trinajstić information content (AvgIpc) is 2.52. The molecule has 0 amide bonds. The molecule has 0 atom stereocenters. The Bertz CT molecular complexity index is 438. The van der Waals surface area contributed by atoms with Gasteiger partial charge in [-0.1, -0.05) is 76.1 Å². The second-order valence-electron chi connectivity index (χ2n) is 5.13. The van der Waals surface area contributed by atoms with Gasteiger partial charge < -0.3 is 4.74 Å². The van der Waals surface area contributed by atoms with Crippen LogP contribution in [0.25, 0.3) is 0 Å². The summed E-state index contributed by atoms with van der Waals surface area (Å²) >= 11 is 0. The molecule has 0 rings (SSSR count). The predicted octanol–water partition coefficient (Wildman–Crippen LogP) is 5.03. The molecule has 0 aliphatic carbocycles. The maximum atomic E-state index is 11.7. The van der Waals surface area contributed by atoms with Crippen molar-refractivity contribution in [1.29, 1.82) is 0 Å². The Balaban J connectivity index is 4.10. The van der Waals surface area contributed by atoms with Gasteiger partial charge in [0, 0.05) is 18.9 Å². The van der Waals surface area contributed by atoms with Crippen LogP contribution in [0.4, 0.5) is 0 Å². The van der Waals surface area contributed by atoms with E-state index in [9.17, 15) is 4.79 Å². The Labute approximate surface area is 136 Å². The van der Waals surface area contributed by atoms with Gasteiger partial charge in [-0.2, -0.15) is 0 Å². The zero-order valence-corrected chi connectivity index (χ0v) is 14.5. The molecule has 22 heavy (non-hydrogen) atoms. The zero-order valence-electron chi connectivity index (χ0n) is 14.5. The first-order valence-electron chi connectivity index (χ1n) is 8.60. The Morgan fingerprint density at radius 3 is 2.27 bits per heavy atom. The Morgan fingerprint density at radius 1 is 0.955 bits per heavy atom. The molecule has 2 nitrogen and oxygen atoms in total. The van der Waals surface area contributed by atoms with Crippen molar-refractivity contribution >= 4 is 5.97 Å². The van der Waals surface area contributed by atoms with Crippen molar-refractivity contribution in [2.75, 3.05) is 6.61 Å². The summed E-state index contributed by atoms with van der Waals surface area (Å²) in [5.74, 6) is 11.3. The molecule has 0 saturated carbocycles. The molecule has 122 valence electrons. The van der Waals surface area contributed by atoms with Crippen LogP contribution < -0.4 is 0 Å². The van der Waals surface area contributed by atoms with Gasteiger partial charge in [0.2, 0.25) is 0 Å². The fourth-order valence-electron chi connectivity index (χ4n) is 1.90. The van der Waals surface area contributed by atoms with Crippen LogP contribution in [0.5, 0.6) is 0 Å². The van der Waals surface area contributed by atoms with E-state index in [-0.39, 0.29) is 5.97 Å². The lowest BCUT2D eigenvalue weighted by molar-refractivity contribution is -0.137. The van der Waals surface area contributed by atoms with Gasteiger partial charge in [-0.05, 0) is 13.3 Å². The van der Waals surface area contributed by atoms with Crippen LogP contribution in [-0.2, 0) is 9.53 Å². The fourth-order valence-corrected chi connectivity index (χ4v) is 1.90. The third-order valence-corrected chi connectivity index (χ3v) is 3.12. The van der Waals surface area contributed by atoms with E-state index >= 15 is 0 Å². The van der Waals surface area contributed by atoms with Crippen LogP contribution >= 0.6 is 0 Å². The van der Waals surface area contributed by atoms with Crippen molar-refractivity contribution in [3.8, 4) is 23.7 Å². The number of esters is 1. The molecule has 0 unspecified atom stereocenters. The topological polar surface area (TPSA) is 26.3 Å². The third-order valence-electron chi connectivity index (χ3n) is 3.12. The summed E-state index contributed by atoms with van der Waals surface area (Å²) in [5, 5.41) is 0. The zero-order chi connectivity index (χ0) is 16.5. The summed E-state index contributed by atoms with van der Waals surface area (Å²) in [7, 11) is 0. The molecule has 0 spiro atoms. The van der Waals surface area contributed by atoms with Gasteiger partial charge in [-0.3, -0.25) is 0 Å². The van der Waals surface area contributed by atoms with Gasteiger partial charge in [0.25, 0.3) is 0 Å². The van der Waals surface area contributed by atoms with Gasteiger partial charge in [0.05, 0.1) is 6.61 Å². The minimum atomic E-state index is -0.381. The van der Waals surface area contributed by atoms with Gasteiger partial charge in [-0.25, -0.2) is 4.79 Å². The molecule has 0 bridgehead atoms. The molecular formula is C20H30O2. The number of hydrogen-bond donors (Lipinski definition) is 0. The minimum Gasteiger partial charge on any atom is -0.462 e. The number of rotatable bonds is 9. The number of carbonyl (C=O) groups excluding carboxylic acids is 1. The van der Waals surface area contributed by atoms with Crippen molar-refractivity contribution in [3.63, 3.8) is 0 Å². The van der Waals surface area contributed by atoms with Crippen molar-refractivity contribution in [1.82, 2.24) is 0 Å². The predicted molar refractivity (Wildman–Crippen MR) is 93.2 cm³/mol. The molecule has 0 heterocycles. The summed E-state index contributed by atoms with van der Waals surface area (Å²) in [6, 6.07) is 0. The number of ether oxygens (including phenoxy) is 1. The van der Waals surface area contributed by atoms with Crippen molar-refractivity contribution < 1.29 is 9.53 Å². The molecule has 0 aromatic heterocycles. The van der Waals surface area contributed by atoms with E-state index in [4.69, 9.17) is 4.74 Å². The second kappa shape index (κ2) is 15.7. The monoisotopic (exact) mass is 302 g/mol. The van der Waals surface area contributed by atoms with Crippen LogP contribution in [-0.4, -0.2) is 12.6 Å². The van der Waals surface area contributed by atoms with Crippen LogP contribution in [0, 0.1) is 23.7 Å². The maximum absolute atomic E-state index is 11.7. The molecule has 0 fully saturated rings. The van der Waals surface area contributed by atoms with E-state index in [1.807, 2.05) is 6.92 Å². The Hall–Kier alpha value is -1.67. The number of allylic oxidation sites excluding steroid dienone is 1. The van der Waals surface area contributed by atoms with Gasteiger partial charge in [0.15, 0.2) is 0 Å². The average molecular weight is 302 g/mol. The van der Waals surface area contributed by atoms with Crippen LogP contribution in [0.3, 0.4) is 0 Å². The molecule has 0 aromatic carbocycles. The summed E-state index contributed by atoms with van der Waals surface area (Å²) in [5.41, 5.74) is 0.357. The first kappa shape index (κ1) is 20.3. The van der Waals surface area contributed by atoms with Crippen LogP contribution in [0.15, 0.2) is 11.6 Å². The van der Waals surface area contributed by atoms with Crippen molar-refractivity contribution in [2.24, 2.45) is 0 Å². The van der Waals surface area contributed by atoms with E-state index < -0.39 is 0 Å². The molecule has 0 N–H and O–H groups in total. The standard InChI is InChI=1S/C20H30O2/c1-4-7-9-10-11-12-13-14-15-16-18-19(17-8-5-2)20(21)22-6-3/h18H,4-7,9-14H2,1-3H3/b19-18+. The molecule has 0 aliphatic rings. The fraction of sp³-hybridized carbons (Fsp3) is 0.650. The summed E-state index contributed by atoms with van der Waals surface area (Å²) in [6.45, 7) is 6.32. The first-order valence-corrected chi connectivity index (χ1v) is 8.60. The van der Waals surface area contributed by atoms with E-state index in [0.29, 0.717) is 18.6 Å². The lowest BCUT2D eigenvalue weighted by atomic mass is 10.1. The molecule has 0 saturated heterocycles. The van der Waals surface area contributed by atoms with Crippen LogP contribution in [0.2, 0.25) is 0 Å². The highest BCUT2D eigenvalue weighted by Crippen LogP contribution is 2.07. The second-order valence-corrected chi connectivity index (χ2v) is 5.13. The third kappa shape index (κ3) is 12.1. The SMILES string of the molecule is CCC#C/C(=C\C#CCCCCCCCCC)C(=O)OCC. The molecule has 2 heteroatoms. The highest BCUT2D eigenvalue weighted by Gasteiger charge is 2.05. The Kier molecular flexibility index (Phi) is 14.5. The van der Waals surface area contributed by atoms with Crippen LogP contribution in [0.1, 0.15) is 78.6 Å². The summed E-state index contributed by atoms with van der Waals surface area (Å²) in [6.07, 6.45) is 12.2. The van der Waals surface area contributed by atoms with E-state index in [2.05, 4.69) is 30.6 Å². The minimum absolute atomic E-state index is 0.357. The molecule has 0 aromatic rings. The largest absolute Gasteiger partial charge is 0.462 e. The van der Waals surface area contributed by atoms with Gasteiger partial charge in [-0.15, -0.1) is 0 Å². The maximum Gasteiger partial charge on any atom is 0.347 e. The highest BCUT2D eigenvalue weighted by atomic mass is 16.5. The van der Waals surface area contributed by atoms with Crippen molar-refractivity contribution in [2.45, 2.75) is 78.6 Å².